The van der Waals surface area contributed by atoms with Crippen LogP contribution in [0, 0.1) is 11.6 Å². The highest BCUT2D eigenvalue weighted by Gasteiger charge is 2.13. The molecule has 0 unspecified atom stereocenters. The molecule has 2 aromatic rings. The summed E-state index contributed by atoms with van der Waals surface area (Å²) in [4.78, 5) is 0. The van der Waals surface area contributed by atoms with Gasteiger partial charge in [-0.3, -0.25) is 0 Å². The molecule has 0 aliphatic rings. The van der Waals surface area contributed by atoms with Crippen LogP contribution < -0.4 is 4.74 Å². The Morgan fingerprint density at radius 1 is 1.00 bits per heavy atom. The number of hydrogen-bond acceptors (Lipinski definition) is 1. The van der Waals surface area contributed by atoms with Crippen molar-refractivity contribution in [1.29, 1.82) is 0 Å². The van der Waals surface area contributed by atoms with E-state index < -0.39 is 11.6 Å². The highest BCUT2D eigenvalue weighted by atomic mass is 35.5. The van der Waals surface area contributed by atoms with Crippen LogP contribution >= 0.6 is 23.2 Å². The zero-order valence-electron chi connectivity index (χ0n) is 9.09. The van der Waals surface area contributed by atoms with Crippen LogP contribution in [0.1, 0.15) is 5.56 Å². The van der Waals surface area contributed by atoms with Crippen LogP contribution in [-0.2, 0) is 5.88 Å². The van der Waals surface area contributed by atoms with Crippen molar-refractivity contribution in [3.8, 4) is 11.5 Å². The highest BCUT2D eigenvalue weighted by molar-refractivity contribution is 6.30. The lowest BCUT2D eigenvalue weighted by Crippen LogP contribution is -1.95. The molecular weight excluding hydrogens is 281 g/mol. The largest absolute Gasteiger partial charge is 0.454 e. The maximum atomic E-state index is 13.6. The van der Waals surface area contributed by atoms with Crippen LogP contribution in [0.3, 0.4) is 0 Å². The minimum atomic E-state index is -0.691. The van der Waals surface area contributed by atoms with Gasteiger partial charge in [0.15, 0.2) is 11.6 Å². The first kappa shape index (κ1) is 13.1. The van der Waals surface area contributed by atoms with Crippen LogP contribution in [0.2, 0.25) is 5.02 Å². The van der Waals surface area contributed by atoms with E-state index in [1.54, 1.807) is 6.07 Å². The summed E-state index contributed by atoms with van der Waals surface area (Å²) in [6.45, 7) is 0. The Bertz CT molecular complexity index is 573. The van der Waals surface area contributed by atoms with E-state index in [0.29, 0.717) is 0 Å². The average molecular weight is 289 g/mol. The quantitative estimate of drug-likeness (QED) is 0.710. The second kappa shape index (κ2) is 5.55. The Morgan fingerprint density at radius 2 is 1.67 bits per heavy atom. The average Bonchev–Trinajstić information content (AvgIpc) is 2.35. The molecule has 0 atom stereocenters. The molecule has 0 saturated carbocycles. The van der Waals surface area contributed by atoms with Gasteiger partial charge in [0.2, 0.25) is 0 Å². The van der Waals surface area contributed by atoms with E-state index in [-0.39, 0.29) is 28.0 Å². The second-order valence-corrected chi connectivity index (χ2v) is 4.18. The fourth-order valence-corrected chi connectivity index (χ4v) is 1.87. The van der Waals surface area contributed by atoms with E-state index in [1.165, 1.54) is 30.3 Å². The molecule has 0 saturated heterocycles. The molecule has 1 nitrogen and oxygen atoms in total. The lowest BCUT2D eigenvalue weighted by Gasteiger charge is -2.11. The first-order valence-electron chi connectivity index (χ1n) is 5.08. The van der Waals surface area contributed by atoms with Crippen molar-refractivity contribution in [2.75, 3.05) is 0 Å². The van der Waals surface area contributed by atoms with Crippen molar-refractivity contribution < 1.29 is 13.5 Å². The molecule has 0 N–H and O–H groups in total. The van der Waals surface area contributed by atoms with Crippen molar-refractivity contribution in [2.45, 2.75) is 5.88 Å². The molecule has 2 rings (SSSR count). The molecule has 0 aromatic heterocycles. The first-order valence-corrected chi connectivity index (χ1v) is 6.00. The van der Waals surface area contributed by atoms with E-state index in [1.807, 2.05) is 0 Å². The van der Waals surface area contributed by atoms with Gasteiger partial charge in [0.1, 0.15) is 11.6 Å². The van der Waals surface area contributed by atoms with Crippen molar-refractivity contribution >= 4 is 23.2 Å². The number of rotatable bonds is 3. The Morgan fingerprint density at radius 3 is 2.39 bits per heavy atom. The summed E-state index contributed by atoms with van der Waals surface area (Å²) in [7, 11) is 0. The summed E-state index contributed by atoms with van der Waals surface area (Å²) in [6.07, 6.45) is 0. The lowest BCUT2D eigenvalue weighted by molar-refractivity contribution is 0.434. The predicted octanol–water partition coefficient (Wildman–Crippen LogP) is 5.15. The summed E-state index contributed by atoms with van der Waals surface area (Å²) in [5.74, 6) is -1.15. The van der Waals surface area contributed by atoms with Crippen LogP contribution in [0.5, 0.6) is 11.5 Å². The standard InChI is InChI=1S/C13H8Cl2F2O/c14-7-8-10(16)4-2-5-11(8)18-12-6-1-3-9(15)13(12)17/h1-6H,7H2. The molecule has 0 fully saturated rings. The first-order chi connectivity index (χ1) is 8.63. The fraction of sp³-hybridized carbons (Fsp3) is 0.0769. The maximum Gasteiger partial charge on any atom is 0.184 e. The summed E-state index contributed by atoms with van der Waals surface area (Å²) in [6, 6.07) is 8.59. The van der Waals surface area contributed by atoms with Crippen molar-refractivity contribution in [3.05, 3.63) is 58.6 Å². The monoisotopic (exact) mass is 288 g/mol. The summed E-state index contributed by atoms with van der Waals surface area (Å²) in [5.41, 5.74) is 0.179. The number of alkyl halides is 1. The molecule has 0 heterocycles. The lowest BCUT2D eigenvalue weighted by atomic mass is 10.2. The zero-order valence-corrected chi connectivity index (χ0v) is 10.6. The maximum absolute atomic E-state index is 13.6. The zero-order chi connectivity index (χ0) is 13.1. The minimum Gasteiger partial charge on any atom is -0.454 e. The smallest absolute Gasteiger partial charge is 0.184 e. The molecule has 18 heavy (non-hydrogen) atoms. The Kier molecular flexibility index (Phi) is 4.04. The molecular formula is C13H8Cl2F2O. The number of benzene rings is 2. The van der Waals surface area contributed by atoms with E-state index >= 15 is 0 Å². The Labute approximate surface area is 113 Å². The Hall–Kier alpha value is -1.32. The summed E-state index contributed by atoms with van der Waals surface area (Å²) < 4.78 is 32.4. The van der Waals surface area contributed by atoms with Gasteiger partial charge in [-0.05, 0) is 24.3 Å². The molecule has 0 amide bonds. The fourth-order valence-electron chi connectivity index (χ4n) is 1.45. The Balaban J connectivity index is 2.40. The highest BCUT2D eigenvalue weighted by Crippen LogP contribution is 2.32. The number of hydrogen-bond donors (Lipinski definition) is 0. The topological polar surface area (TPSA) is 9.23 Å². The molecule has 0 aliphatic carbocycles. The van der Waals surface area contributed by atoms with Crippen molar-refractivity contribution in [3.63, 3.8) is 0 Å². The van der Waals surface area contributed by atoms with E-state index in [0.717, 1.165) is 0 Å². The molecule has 5 heteroatoms. The second-order valence-electron chi connectivity index (χ2n) is 3.50. The summed E-state index contributed by atoms with van der Waals surface area (Å²) in [5, 5.41) is -0.0590. The normalized spacial score (nSPS) is 10.4. The van der Waals surface area contributed by atoms with Gasteiger partial charge >= 0.3 is 0 Å². The van der Waals surface area contributed by atoms with Gasteiger partial charge in [0.05, 0.1) is 10.9 Å². The molecule has 0 spiro atoms. The van der Waals surface area contributed by atoms with Gasteiger partial charge in [-0.2, -0.15) is 0 Å². The van der Waals surface area contributed by atoms with Crippen molar-refractivity contribution in [2.24, 2.45) is 0 Å². The molecule has 0 aliphatic heterocycles. The van der Waals surface area contributed by atoms with Crippen LogP contribution in [0.15, 0.2) is 36.4 Å². The third kappa shape index (κ3) is 2.57. The predicted molar refractivity (Wildman–Crippen MR) is 67.4 cm³/mol. The number of halogens is 4. The van der Waals surface area contributed by atoms with E-state index in [9.17, 15) is 8.78 Å². The van der Waals surface area contributed by atoms with Gasteiger partial charge < -0.3 is 4.74 Å². The SMILES string of the molecule is Fc1cccc(Oc2cccc(Cl)c2F)c1CCl. The van der Waals surface area contributed by atoms with Crippen LogP contribution in [-0.4, -0.2) is 0 Å². The van der Waals surface area contributed by atoms with Gasteiger partial charge in [0.25, 0.3) is 0 Å². The van der Waals surface area contributed by atoms with Crippen LogP contribution in [0.4, 0.5) is 8.78 Å². The van der Waals surface area contributed by atoms with E-state index in [2.05, 4.69) is 0 Å². The van der Waals surface area contributed by atoms with Gasteiger partial charge in [0, 0.05) is 5.56 Å². The number of ether oxygens (including phenoxy) is 1. The molecule has 0 radical (unpaired) electrons. The van der Waals surface area contributed by atoms with E-state index in [4.69, 9.17) is 27.9 Å². The van der Waals surface area contributed by atoms with Crippen LogP contribution in [0.25, 0.3) is 0 Å². The van der Waals surface area contributed by atoms with Gasteiger partial charge in [-0.25, -0.2) is 8.78 Å². The molecule has 2 aromatic carbocycles. The third-order valence-electron chi connectivity index (χ3n) is 2.35. The van der Waals surface area contributed by atoms with Crippen molar-refractivity contribution in [1.82, 2.24) is 0 Å². The van der Waals surface area contributed by atoms with Gasteiger partial charge in [-0.1, -0.05) is 23.7 Å². The molecule has 0 bridgehead atoms. The third-order valence-corrected chi connectivity index (χ3v) is 2.90. The summed E-state index contributed by atoms with van der Waals surface area (Å²) >= 11 is 11.3. The van der Waals surface area contributed by atoms with Gasteiger partial charge in [-0.15, -0.1) is 11.6 Å². The molecule has 94 valence electrons. The minimum absolute atomic E-state index is 0.0590.